The Kier molecular flexibility index (Phi) is 5.30. The van der Waals surface area contributed by atoms with E-state index >= 15 is 0 Å². The SMILES string of the molecule is CC(=O)C(CC(C)C(F)(F)F)NC(=O)c1ccccc1. The third-order valence-electron chi connectivity index (χ3n) is 2.98. The van der Waals surface area contributed by atoms with E-state index in [1.54, 1.807) is 18.2 Å². The van der Waals surface area contributed by atoms with Crippen LogP contribution in [-0.4, -0.2) is 23.9 Å². The summed E-state index contributed by atoms with van der Waals surface area (Å²) >= 11 is 0. The number of ketones is 1. The van der Waals surface area contributed by atoms with Gasteiger partial charge in [0.25, 0.3) is 5.91 Å². The number of hydrogen-bond donors (Lipinski definition) is 1. The molecule has 1 aromatic rings. The van der Waals surface area contributed by atoms with Gasteiger partial charge in [-0.15, -0.1) is 0 Å². The number of carbonyl (C=O) groups excluding carboxylic acids is 2. The van der Waals surface area contributed by atoms with Crippen LogP contribution in [0.1, 0.15) is 30.6 Å². The monoisotopic (exact) mass is 287 g/mol. The summed E-state index contributed by atoms with van der Waals surface area (Å²) in [4.78, 5) is 23.2. The van der Waals surface area contributed by atoms with E-state index in [-0.39, 0.29) is 0 Å². The van der Waals surface area contributed by atoms with E-state index in [0.717, 1.165) is 6.92 Å². The molecule has 0 saturated carbocycles. The molecule has 2 unspecified atom stereocenters. The lowest BCUT2D eigenvalue weighted by Gasteiger charge is -2.22. The van der Waals surface area contributed by atoms with Crippen LogP contribution in [0.15, 0.2) is 30.3 Å². The summed E-state index contributed by atoms with van der Waals surface area (Å²) in [6.07, 6.45) is -4.84. The fraction of sp³-hybridized carbons (Fsp3) is 0.429. The van der Waals surface area contributed by atoms with Gasteiger partial charge in [-0.3, -0.25) is 9.59 Å². The number of nitrogens with one attached hydrogen (secondary N) is 1. The molecule has 1 amide bonds. The molecule has 6 heteroatoms. The predicted molar refractivity (Wildman–Crippen MR) is 68.2 cm³/mol. The van der Waals surface area contributed by atoms with Crippen LogP contribution >= 0.6 is 0 Å². The van der Waals surface area contributed by atoms with Crippen molar-refractivity contribution in [3.05, 3.63) is 35.9 Å². The number of alkyl halides is 3. The second-order valence-electron chi connectivity index (χ2n) is 4.68. The number of rotatable bonds is 5. The highest BCUT2D eigenvalue weighted by Gasteiger charge is 2.38. The maximum Gasteiger partial charge on any atom is 0.391 e. The highest BCUT2D eigenvalue weighted by atomic mass is 19.4. The van der Waals surface area contributed by atoms with Gasteiger partial charge in [0.2, 0.25) is 0 Å². The summed E-state index contributed by atoms with van der Waals surface area (Å²) in [7, 11) is 0. The van der Waals surface area contributed by atoms with Gasteiger partial charge in [-0.25, -0.2) is 0 Å². The van der Waals surface area contributed by atoms with Crippen molar-refractivity contribution >= 4 is 11.7 Å². The molecule has 1 N–H and O–H groups in total. The Hall–Kier alpha value is -1.85. The number of hydrogen-bond acceptors (Lipinski definition) is 2. The Bertz CT molecular complexity index is 471. The molecule has 3 nitrogen and oxygen atoms in total. The van der Waals surface area contributed by atoms with Gasteiger partial charge in [0.15, 0.2) is 5.78 Å². The number of amides is 1. The van der Waals surface area contributed by atoms with Gasteiger partial charge in [0.1, 0.15) is 0 Å². The molecule has 20 heavy (non-hydrogen) atoms. The third kappa shape index (κ3) is 4.68. The van der Waals surface area contributed by atoms with Gasteiger partial charge in [-0.05, 0) is 25.5 Å². The van der Waals surface area contributed by atoms with Crippen molar-refractivity contribution in [2.24, 2.45) is 5.92 Å². The van der Waals surface area contributed by atoms with Crippen LogP contribution < -0.4 is 5.32 Å². The molecule has 0 aromatic heterocycles. The molecule has 0 saturated heterocycles. The van der Waals surface area contributed by atoms with E-state index in [1.807, 2.05) is 0 Å². The zero-order valence-corrected chi connectivity index (χ0v) is 11.2. The van der Waals surface area contributed by atoms with Crippen LogP contribution in [0.5, 0.6) is 0 Å². The lowest BCUT2D eigenvalue weighted by Crippen LogP contribution is -2.42. The first-order chi connectivity index (χ1) is 9.21. The minimum absolute atomic E-state index is 0.304. The average Bonchev–Trinajstić information content (AvgIpc) is 2.37. The minimum Gasteiger partial charge on any atom is -0.342 e. The quantitative estimate of drug-likeness (QED) is 0.905. The Morgan fingerprint density at radius 3 is 2.20 bits per heavy atom. The highest BCUT2D eigenvalue weighted by molar-refractivity contribution is 5.97. The number of carbonyl (C=O) groups is 2. The molecule has 0 aliphatic rings. The third-order valence-corrected chi connectivity index (χ3v) is 2.98. The van der Waals surface area contributed by atoms with Gasteiger partial charge in [0, 0.05) is 5.56 Å². The molecule has 1 rings (SSSR count). The number of benzene rings is 1. The molecule has 0 spiro atoms. The number of halogens is 3. The van der Waals surface area contributed by atoms with E-state index < -0.39 is 36.2 Å². The van der Waals surface area contributed by atoms with Crippen molar-refractivity contribution in [2.75, 3.05) is 0 Å². The van der Waals surface area contributed by atoms with E-state index in [4.69, 9.17) is 0 Å². The lowest BCUT2D eigenvalue weighted by atomic mass is 9.98. The molecule has 0 radical (unpaired) electrons. The van der Waals surface area contributed by atoms with Crippen LogP contribution in [0, 0.1) is 5.92 Å². The van der Waals surface area contributed by atoms with Gasteiger partial charge >= 0.3 is 6.18 Å². The molecular weight excluding hydrogens is 271 g/mol. The van der Waals surface area contributed by atoms with Crippen molar-refractivity contribution in [1.29, 1.82) is 0 Å². The maximum atomic E-state index is 12.5. The highest BCUT2D eigenvalue weighted by Crippen LogP contribution is 2.29. The first-order valence-electron chi connectivity index (χ1n) is 6.15. The lowest BCUT2D eigenvalue weighted by molar-refractivity contribution is -0.172. The van der Waals surface area contributed by atoms with E-state index in [1.165, 1.54) is 19.1 Å². The van der Waals surface area contributed by atoms with Crippen molar-refractivity contribution in [3.63, 3.8) is 0 Å². The summed E-state index contributed by atoms with van der Waals surface area (Å²) < 4.78 is 37.5. The minimum atomic E-state index is -4.38. The molecule has 1 aromatic carbocycles. The largest absolute Gasteiger partial charge is 0.391 e. The van der Waals surface area contributed by atoms with Gasteiger partial charge in [-0.2, -0.15) is 13.2 Å². The van der Waals surface area contributed by atoms with Gasteiger partial charge in [-0.1, -0.05) is 25.1 Å². The van der Waals surface area contributed by atoms with Crippen LogP contribution in [0.4, 0.5) is 13.2 Å². The summed E-state index contributed by atoms with van der Waals surface area (Å²) in [6.45, 7) is 2.16. The molecule has 0 bridgehead atoms. The summed E-state index contributed by atoms with van der Waals surface area (Å²) in [6, 6.07) is 6.90. The number of Topliss-reactive ketones (excluding diaryl/α,β-unsaturated/α-hetero) is 1. The first-order valence-corrected chi connectivity index (χ1v) is 6.15. The molecular formula is C14H16F3NO2. The zero-order chi connectivity index (χ0) is 15.3. The Balaban J connectivity index is 2.74. The van der Waals surface area contributed by atoms with Crippen molar-refractivity contribution in [1.82, 2.24) is 5.32 Å². The van der Waals surface area contributed by atoms with Crippen LogP contribution in [0.25, 0.3) is 0 Å². The molecule has 0 aliphatic heterocycles. The predicted octanol–water partition coefficient (Wildman–Crippen LogP) is 2.96. The van der Waals surface area contributed by atoms with Crippen LogP contribution in [-0.2, 0) is 4.79 Å². The van der Waals surface area contributed by atoms with Crippen molar-refractivity contribution in [3.8, 4) is 0 Å². The van der Waals surface area contributed by atoms with Gasteiger partial charge < -0.3 is 5.32 Å². The molecule has 110 valence electrons. The second kappa shape index (κ2) is 6.54. The fourth-order valence-electron chi connectivity index (χ4n) is 1.64. The van der Waals surface area contributed by atoms with Crippen molar-refractivity contribution < 1.29 is 22.8 Å². The Morgan fingerprint density at radius 1 is 1.20 bits per heavy atom. The van der Waals surface area contributed by atoms with Crippen LogP contribution in [0.3, 0.4) is 0 Å². The molecule has 2 atom stereocenters. The zero-order valence-electron chi connectivity index (χ0n) is 11.2. The van der Waals surface area contributed by atoms with Gasteiger partial charge in [0.05, 0.1) is 12.0 Å². The van der Waals surface area contributed by atoms with Crippen LogP contribution in [0.2, 0.25) is 0 Å². The summed E-state index contributed by atoms with van der Waals surface area (Å²) in [5.41, 5.74) is 0.304. The maximum absolute atomic E-state index is 12.5. The first kappa shape index (κ1) is 16.2. The van der Waals surface area contributed by atoms with E-state index in [9.17, 15) is 22.8 Å². The average molecular weight is 287 g/mol. The van der Waals surface area contributed by atoms with E-state index in [2.05, 4.69) is 5.32 Å². The second-order valence-corrected chi connectivity index (χ2v) is 4.68. The van der Waals surface area contributed by atoms with E-state index in [0.29, 0.717) is 5.56 Å². The summed E-state index contributed by atoms with van der Waals surface area (Å²) in [5.74, 6) is -2.71. The van der Waals surface area contributed by atoms with Crippen molar-refractivity contribution in [2.45, 2.75) is 32.5 Å². The smallest absolute Gasteiger partial charge is 0.342 e. The molecule has 0 heterocycles. The normalized spacial score (nSPS) is 14.4. The topological polar surface area (TPSA) is 46.2 Å². The Labute approximate surface area is 115 Å². The summed E-state index contributed by atoms with van der Waals surface area (Å²) in [5, 5.41) is 2.35. The molecule has 0 aliphatic carbocycles. The molecule has 0 fully saturated rings. The Morgan fingerprint density at radius 2 is 1.75 bits per heavy atom. The standard InChI is InChI=1S/C14H16F3NO2/c1-9(14(15,16)17)8-12(10(2)19)18-13(20)11-6-4-3-5-7-11/h3-7,9,12H,8H2,1-2H3,(H,18,20). The fourth-order valence-corrected chi connectivity index (χ4v) is 1.64.